The molecule has 0 spiro atoms. The standard InChI is InChI=1S/C10H21NO2/c1-3-5-6-8-10(11,7-4-2)9(12)13/h3-8,11H2,1-2H3,(H,12,13). The number of unbranched alkanes of at least 4 members (excludes halogenated alkanes) is 2. The molecule has 0 bridgehead atoms. The van der Waals surface area contributed by atoms with Crippen molar-refractivity contribution >= 4 is 5.97 Å². The number of carboxylic acids is 1. The normalized spacial score (nSPS) is 15.3. The van der Waals surface area contributed by atoms with Gasteiger partial charge in [0, 0.05) is 0 Å². The van der Waals surface area contributed by atoms with Gasteiger partial charge in [-0.3, -0.25) is 4.79 Å². The van der Waals surface area contributed by atoms with E-state index in [1.165, 1.54) is 0 Å². The van der Waals surface area contributed by atoms with E-state index in [4.69, 9.17) is 10.8 Å². The van der Waals surface area contributed by atoms with Crippen LogP contribution in [0, 0.1) is 0 Å². The van der Waals surface area contributed by atoms with E-state index in [1.807, 2.05) is 6.92 Å². The predicted molar refractivity (Wildman–Crippen MR) is 53.6 cm³/mol. The number of hydrogen-bond acceptors (Lipinski definition) is 2. The molecule has 0 saturated heterocycles. The van der Waals surface area contributed by atoms with Gasteiger partial charge in [-0.05, 0) is 12.8 Å². The topological polar surface area (TPSA) is 63.3 Å². The number of carboxylic acid groups (broad SMARTS) is 1. The molecule has 1 unspecified atom stereocenters. The van der Waals surface area contributed by atoms with E-state index in [1.54, 1.807) is 0 Å². The summed E-state index contributed by atoms with van der Waals surface area (Å²) >= 11 is 0. The van der Waals surface area contributed by atoms with Crippen molar-refractivity contribution in [3.05, 3.63) is 0 Å². The number of aliphatic carboxylic acids is 1. The summed E-state index contributed by atoms with van der Waals surface area (Å²) in [5.41, 5.74) is 4.81. The van der Waals surface area contributed by atoms with Gasteiger partial charge in [0.25, 0.3) is 0 Å². The van der Waals surface area contributed by atoms with Crippen LogP contribution in [0.25, 0.3) is 0 Å². The van der Waals surface area contributed by atoms with Crippen molar-refractivity contribution in [1.29, 1.82) is 0 Å². The number of carbonyl (C=O) groups is 1. The molecule has 13 heavy (non-hydrogen) atoms. The Bertz CT molecular complexity index is 159. The molecule has 0 saturated carbocycles. The highest BCUT2D eigenvalue weighted by Gasteiger charge is 2.31. The Morgan fingerprint density at radius 1 is 1.23 bits per heavy atom. The van der Waals surface area contributed by atoms with E-state index >= 15 is 0 Å². The van der Waals surface area contributed by atoms with Crippen LogP contribution in [0.15, 0.2) is 0 Å². The summed E-state index contributed by atoms with van der Waals surface area (Å²) in [6.07, 6.45) is 5.09. The van der Waals surface area contributed by atoms with Crippen molar-refractivity contribution in [2.75, 3.05) is 0 Å². The Labute approximate surface area is 80.3 Å². The van der Waals surface area contributed by atoms with E-state index in [0.717, 1.165) is 25.7 Å². The van der Waals surface area contributed by atoms with Gasteiger partial charge in [0.2, 0.25) is 0 Å². The quantitative estimate of drug-likeness (QED) is 0.600. The Morgan fingerprint density at radius 2 is 1.85 bits per heavy atom. The average Bonchev–Trinajstić information content (AvgIpc) is 2.05. The molecule has 0 aliphatic carbocycles. The summed E-state index contributed by atoms with van der Waals surface area (Å²) in [5, 5.41) is 8.94. The van der Waals surface area contributed by atoms with Crippen LogP contribution in [0.3, 0.4) is 0 Å². The van der Waals surface area contributed by atoms with E-state index in [2.05, 4.69) is 6.92 Å². The Hall–Kier alpha value is -0.570. The maximum absolute atomic E-state index is 10.9. The third-order valence-electron chi connectivity index (χ3n) is 2.35. The van der Waals surface area contributed by atoms with Crippen molar-refractivity contribution < 1.29 is 9.90 Å². The first-order valence-corrected chi connectivity index (χ1v) is 5.09. The molecule has 0 aliphatic rings. The molecule has 0 aromatic rings. The highest BCUT2D eigenvalue weighted by molar-refractivity contribution is 5.78. The lowest BCUT2D eigenvalue weighted by atomic mass is 9.89. The highest BCUT2D eigenvalue weighted by Crippen LogP contribution is 2.18. The van der Waals surface area contributed by atoms with Crippen LogP contribution in [0.5, 0.6) is 0 Å². The van der Waals surface area contributed by atoms with Gasteiger partial charge < -0.3 is 10.8 Å². The first kappa shape index (κ1) is 12.4. The first-order valence-electron chi connectivity index (χ1n) is 5.09. The van der Waals surface area contributed by atoms with Crippen LogP contribution in [-0.2, 0) is 4.79 Å². The molecule has 0 rings (SSSR count). The van der Waals surface area contributed by atoms with Crippen LogP contribution in [0.4, 0.5) is 0 Å². The molecule has 3 nitrogen and oxygen atoms in total. The van der Waals surface area contributed by atoms with Gasteiger partial charge in [0.1, 0.15) is 5.54 Å². The summed E-state index contributed by atoms with van der Waals surface area (Å²) in [5.74, 6) is -0.856. The zero-order valence-corrected chi connectivity index (χ0v) is 8.68. The average molecular weight is 187 g/mol. The second-order valence-corrected chi connectivity index (χ2v) is 3.67. The van der Waals surface area contributed by atoms with Gasteiger partial charge >= 0.3 is 5.97 Å². The zero-order chi connectivity index (χ0) is 10.3. The SMILES string of the molecule is CCCCCC(N)(CCC)C(=O)O. The third kappa shape index (κ3) is 4.27. The molecule has 3 heteroatoms. The Kier molecular flexibility index (Phi) is 5.71. The van der Waals surface area contributed by atoms with E-state index in [-0.39, 0.29) is 0 Å². The minimum atomic E-state index is -0.982. The maximum Gasteiger partial charge on any atom is 0.323 e. The Balaban J connectivity index is 4.00. The molecule has 0 aromatic heterocycles. The number of rotatable bonds is 7. The van der Waals surface area contributed by atoms with Crippen LogP contribution in [0.2, 0.25) is 0 Å². The fourth-order valence-corrected chi connectivity index (χ4v) is 1.48. The van der Waals surface area contributed by atoms with E-state index in [9.17, 15) is 4.79 Å². The van der Waals surface area contributed by atoms with Crippen molar-refractivity contribution in [2.24, 2.45) is 5.73 Å². The molecule has 3 N–H and O–H groups in total. The van der Waals surface area contributed by atoms with Crippen molar-refractivity contribution in [3.63, 3.8) is 0 Å². The van der Waals surface area contributed by atoms with Crippen molar-refractivity contribution in [1.82, 2.24) is 0 Å². The van der Waals surface area contributed by atoms with Gasteiger partial charge in [-0.15, -0.1) is 0 Å². The van der Waals surface area contributed by atoms with E-state index < -0.39 is 11.5 Å². The summed E-state index contributed by atoms with van der Waals surface area (Å²) in [6, 6.07) is 0. The molecule has 0 heterocycles. The van der Waals surface area contributed by atoms with Gasteiger partial charge in [-0.2, -0.15) is 0 Å². The van der Waals surface area contributed by atoms with Gasteiger partial charge in [0.05, 0.1) is 0 Å². The fraction of sp³-hybridized carbons (Fsp3) is 0.900. The van der Waals surface area contributed by atoms with Gasteiger partial charge in [-0.1, -0.05) is 39.5 Å². The molecule has 0 fully saturated rings. The van der Waals surface area contributed by atoms with E-state index in [0.29, 0.717) is 12.8 Å². The van der Waals surface area contributed by atoms with Crippen LogP contribution >= 0.6 is 0 Å². The highest BCUT2D eigenvalue weighted by atomic mass is 16.4. The predicted octanol–water partition coefficient (Wildman–Crippen LogP) is 2.15. The number of hydrogen-bond donors (Lipinski definition) is 2. The lowest BCUT2D eigenvalue weighted by Crippen LogP contribution is -2.47. The van der Waals surface area contributed by atoms with Gasteiger partial charge in [0.15, 0.2) is 0 Å². The summed E-state index contributed by atoms with van der Waals surface area (Å²) in [6.45, 7) is 4.06. The molecule has 78 valence electrons. The molecule has 0 aliphatic heterocycles. The largest absolute Gasteiger partial charge is 0.480 e. The molecular weight excluding hydrogens is 166 g/mol. The fourth-order valence-electron chi connectivity index (χ4n) is 1.48. The minimum absolute atomic E-state index is 0.575. The minimum Gasteiger partial charge on any atom is -0.480 e. The smallest absolute Gasteiger partial charge is 0.323 e. The summed E-state index contributed by atoms with van der Waals surface area (Å²) < 4.78 is 0. The van der Waals surface area contributed by atoms with Gasteiger partial charge in [-0.25, -0.2) is 0 Å². The number of nitrogens with two attached hydrogens (primary N) is 1. The molecular formula is C10H21NO2. The van der Waals surface area contributed by atoms with Crippen LogP contribution in [-0.4, -0.2) is 16.6 Å². The Morgan fingerprint density at radius 3 is 2.23 bits per heavy atom. The first-order chi connectivity index (χ1) is 6.06. The maximum atomic E-state index is 10.9. The summed E-state index contributed by atoms with van der Waals surface area (Å²) in [4.78, 5) is 10.9. The second kappa shape index (κ2) is 5.97. The second-order valence-electron chi connectivity index (χ2n) is 3.67. The lowest BCUT2D eigenvalue weighted by Gasteiger charge is -2.23. The van der Waals surface area contributed by atoms with Crippen molar-refractivity contribution in [3.8, 4) is 0 Å². The van der Waals surface area contributed by atoms with Crippen molar-refractivity contribution in [2.45, 2.75) is 57.9 Å². The van der Waals surface area contributed by atoms with Crippen LogP contribution in [0.1, 0.15) is 52.4 Å². The lowest BCUT2D eigenvalue weighted by molar-refractivity contribution is -0.144. The zero-order valence-electron chi connectivity index (χ0n) is 8.68. The third-order valence-corrected chi connectivity index (χ3v) is 2.35. The summed E-state index contributed by atoms with van der Waals surface area (Å²) in [7, 11) is 0. The molecule has 0 aromatic carbocycles. The molecule has 0 radical (unpaired) electrons. The molecule has 1 atom stereocenters. The van der Waals surface area contributed by atoms with Crippen LogP contribution < -0.4 is 5.73 Å². The molecule has 0 amide bonds. The monoisotopic (exact) mass is 187 g/mol.